The highest BCUT2D eigenvalue weighted by atomic mass is 16.2. The second-order valence-electron chi connectivity index (χ2n) is 5.45. The lowest BCUT2D eigenvalue weighted by Gasteiger charge is -2.08. The van der Waals surface area contributed by atoms with Crippen molar-refractivity contribution >= 4 is 23.4 Å². The van der Waals surface area contributed by atoms with Crippen molar-refractivity contribution in [2.24, 2.45) is 0 Å². The molecular weight excluding hydrogens is 328 g/mol. The van der Waals surface area contributed by atoms with Crippen molar-refractivity contribution in [3.63, 3.8) is 0 Å². The Labute approximate surface area is 160 Å². The predicted octanol–water partition coefficient (Wildman–Crippen LogP) is 4.19. The lowest BCUT2D eigenvalue weighted by molar-refractivity contribution is 0.250. The molecule has 0 aromatic heterocycles. The van der Waals surface area contributed by atoms with Crippen molar-refractivity contribution in [3.05, 3.63) is 60.7 Å². The van der Waals surface area contributed by atoms with Gasteiger partial charge in [0.2, 0.25) is 0 Å². The number of urea groups is 2. The van der Waals surface area contributed by atoms with Crippen LogP contribution < -0.4 is 21.3 Å². The maximum Gasteiger partial charge on any atom is 0.319 e. The van der Waals surface area contributed by atoms with Gasteiger partial charge in [0.15, 0.2) is 0 Å². The number of nitrogens with one attached hydrogen (secondary N) is 4. The third kappa shape index (κ3) is 8.19. The van der Waals surface area contributed by atoms with Crippen molar-refractivity contribution < 1.29 is 15.1 Å². The second kappa shape index (κ2) is 11.5. The largest absolute Gasteiger partial charge is 0.338 e. The van der Waals surface area contributed by atoms with Gasteiger partial charge in [0, 0.05) is 29.9 Å². The van der Waals surface area contributed by atoms with Gasteiger partial charge in [0.05, 0.1) is 0 Å². The van der Waals surface area contributed by atoms with Crippen LogP contribution in [0.15, 0.2) is 60.7 Å². The molecule has 0 radical (unpaired) electrons. The number of rotatable bonds is 9. The highest BCUT2D eigenvalue weighted by Gasteiger charge is 2.01. The first-order chi connectivity index (χ1) is 14.2. The molecule has 2 aromatic carbocycles. The lowest BCUT2D eigenvalue weighted by Crippen LogP contribution is -2.30. The van der Waals surface area contributed by atoms with Crippen LogP contribution >= 0.6 is 0 Å². The van der Waals surface area contributed by atoms with Crippen LogP contribution in [0.25, 0.3) is 0 Å². The number of carbonyl (C=O) groups is 2. The minimum Gasteiger partial charge on any atom is -0.338 e. The van der Waals surface area contributed by atoms with Gasteiger partial charge >= 0.3 is 12.1 Å². The number of hydrogen-bond acceptors (Lipinski definition) is 2. The molecule has 0 aliphatic rings. The first-order valence-corrected chi connectivity index (χ1v) is 8.44. The van der Waals surface area contributed by atoms with Gasteiger partial charge < -0.3 is 21.3 Å². The van der Waals surface area contributed by atoms with Crippen LogP contribution in [0.3, 0.4) is 0 Å². The summed E-state index contributed by atoms with van der Waals surface area (Å²) in [4.78, 5) is 23.8. The molecule has 2 rings (SSSR count). The van der Waals surface area contributed by atoms with Crippen LogP contribution in [0.5, 0.6) is 0 Å². The van der Waals surface area contributed by atoms with Crippen molar-refractivity contribution in [1.29, 1.82) is 0 Å². The maximum absolute atomic E-state index is 11.9. The van der Waals surface area contributed by atoms with E-state index in [0.717, 1.165) is 0 Å². The Bertz CT molecular complexity index is 751. The number of benzene rings is 2. The van der Waals surface area contributed by atoms with Crippen LogP contribution in [-0.4, -0.2) is 25.1 Å². The Balaban J connectivity index is 1.68. The number of anilines is 2. The van der Waals surface area contributed by atoms with Gasteiger partial charge in [0.1, 0.15) is 0 Å². The summed E-state index contributed by atoms with van der Waals surface area (Å²) in [5, 5.41) is 9.64. The van der Waals surface area contributed by atoms with Crippen LogP contribution in [0, 0.1) is 0 Å². The second-order valence-corrected chi connectivity index (χ2v) is 5.45. The molecule has 0 aliphatic carbocycles. The monoisotopic (exact) mass is 358 g/mol. The summed E-state index contributed by atoms with van der Waals surface area (Å²) in [6.45, 7) is -3.88. The van der Waals surface area contributed by atoms with Gasteiger partial charge in [-0.15, -0.1) is 0 Å². The minimum absolute atomic E-state index is 0.0154. The zero-order valence-electron chi connectivity index (χ0n) is 18.4. The van der Waals surface area contributed by atoms with E-state index >= 15 is 0 Å². The van der Waals surface area contributed by atoms with E-state index in [-0.39, 0.29) is 12.8 Å². The lowest BCUT2D eigenvalue weighted by atomic mass is 10.2. The van der Waals surface area contributed by atoms with Crippen LogP contribution in [0.1, 0.15) is 31.2 Å². The van der Waals surface area contributed by atoms with Crippen LogP contribution in [-0.2, 0) is 0 Å². The Morgan fingerprint density at radius 3 is 1.42 bits per heavy atom. The number of unbranched alkanes of at least 4 members (excludes halogenated alkanes) is 1. The summed E-state index contributed by atoms with van der Waals surface area (Å²) in [7, 11) is 0. The quantitative estimate of drug-likeness (QED) is 0.507. The molecule has 0 bridgehead atoms. The highest BCUT2D eigenvalue weighted by molar-refractivity contribution is 5.89. The fourth-order valence-electron chi connectivity index (χ4n) is 2.08. The molecule has 6 heteroatoms. The Kier molecular flexibility index (Phi) is 6.28. The molecule has 0 saturated carbocycles. The summed E-state index contributed by atoms with van der Waals surface area (Å²) >= 11 is 0. The smallest absolute Gasteiger partial charge is 0.319 e. The number of carbonyl (C=O) groups excluding carboxylic acids is 2. The Hall–Kier alpha value is -3.02. The molecule has 0 fully saturated rings. The topological polar surface area (TPSA) is 82.3 Å². The first kappa shape index (κ1) is 14.2. The highest BCUT2D eigenvalue weighted by Crippen LogP contribution is 2.05. The Morgan fingerprint density at radius 2 is 1.04 bits per heavy atom. The van der Waals surface area contributed by atoms with E-state index in [9.17, 15) is 9.59 Å². The van der Waals surface area contributed by atoms with E-state index in [1.807, 2.05) is 0 Å². The molecule has 0 spiro atoms. The zero-order chi connectivity index (χ0) is 22.0. The summed E-state index contributed by atoms with van der Waals surface area (Å²) in [5.41, 5.74) is 1.11. The predicted molar refractivity (Wildman–Crippen MR) is 105 cm³/mol. The zero-order valence-corrected chi connectivity index (χ0v) is 14.4. The van der Waals surface area contributed by atoms with Gasteiger partial charge in [-0.05, 0) is 37.1 Å². The number of para-hydroxylation sites is 2. The van der Waals surface area contributed by atoms with E-state index in [4.69, 9.17) is 5.48 Å². The molecule has 0 saturated heterocycles. The Morgan fingerprint density at radius 1 is 0.654 bits per heavy atom. The standard InChI is InChI=1S/C20H26N4O2/c25-19(23-17-11-5-3-6-12-17)21-15-9-1-2-10-16-22-20(26)24-18-13-7-4-8-14-18/h3-8,11-14H,1-2,9-10,15-16H2,(H2,21,23,25)(H2,22,24,26)/i15D2,16D2. The van der Waals surface area contributed by atoms with E-state index in [1.165, 1.54) is 0 Å². The van der Waals surface area contributed by atoms with Crippen LogP contribution in [0.4, 0.5) is 21.0 Å². The molecule has 0 heterocycles. The maximum atomic E-state index is 11.9. The van der Waals surface area contributed by atoms with Gasteiger partial charge in [-0.1, -0.05) is 49.2 Å². The number of hydrogen-bond donors (Lipinski definition) is 4. The number of amides is 4. The molecule has 6 nitrogen and oxygen atoms in total. The van der Waals surface area contributed by atoms with Gasteiger partial charge in [-0.25, -0.2) is 9.59 Å². The van der Waals surface area contributed by atoms with Gasteiger partial charge in [-0.2, -0.15) is 0 Å². The summed E-state index contributed by atoms with van der Waals surface area (Å²) in [5.74, 6) is 0. The van der Waals surface area contributed by atoms with Gasteiger partial charge in [0.25, 0.3) is 0 Å². The normalized spacial score (nSPS) is 13.4. The third-order valence-electron chi connectivity index (χ3n) is 3.32. The summed E-state index contributed by atoms with van der Waals surface area (Å²) < 4.78 is 31.7. The third-order valence-corrected chi connectivity index (χ3v) is 3.32. The summed E-state index contributed by atoms with van der Waals surface area (Å²) in [6, 6.07) is 16.1. The fraction of sp³-hybridized carbons (Fsp3) is 0.300. The average molecular weight is 358 g/mol. The first-order valence-electron chi connectivity index (χ1n) is 10.4. The van der Waals surface area contributed by atoms with Crippen molar-refractivity contribution in [2.75, 3.05) is 23.6 Å². The average Bonchev–Trinajstić information content (AvgIpc) is 2.66. The molecule has 0 atom stereocenters. The van der Waals surface area contributed by atoms with E-state index in [0.29, 0.717) is 24.2 Å². The molecule has 2 aromatic rings. The SMILES string of the molecule is [2H]C([2H])(CCCCC([2H])([2H])NC(=O)Nc1ccccc1)NC(=O)Nc1ccccc1. The fourth-order valence-corrected chi connectivity index (χ4v) is 2.08. The molecule has 4 amide bonds. The molecule has 4 N–H and O–H groups in total. The van der Waals surface area contributed by atoms with Crippen molar-refractivity contribution in [2.45, 2.75) is 25.7 Å². The van der Waals surface area contributed by atoms with E-state index in [1.54, 1.807) is 60.7 Å². The molecule has 0 aliphatic heterocycles. The minimum atomic E-state index is -1.94. The van der Waals surface area contributed by atoms with Crippen LogP contribution in [0.2, 0.25) is 0 Å². The molecular formula is C20H26N4O2. The van der Waals surface area contributed by atoms with E-state index in [2.05, 4.69) is 21.3 Å². The molecule has 138 valence electrons. The van der Waals surface area contributed by atoms with Crippen molar-refractivity contribution in [3.8, 4) is 0 Å². The molecule has 26 heavy (non-hydrogen) atoms. The van der Waals surface area contributed by atoms with E-state index < -0.39 is 25.1 Å². The summed E-state index contributed by atoms with van der Waals surface area (Å²) in [6.07, 6.45) is 0.698. The molecule has 0 unspecified atom stereocenters. The van der Waals surface area contributed by atoms with Crippen molar-refractivity contribution in [1.82, 2.24) is 10.6 Å². The van der Waals surface area contributed by atoms with Gasteiger partial charge in [-0.3, -0.25) is 0 Å².